The number of hydrogen-bond donors (Lipinski definition) is 2. The Balaban J connectivity index is 2.09. The Hall–Kier alpha value is -2.40. The highest BCUT2D eigenvalue weighted by atomic mass is 16.3. The third-order valence-electron chi connectivity index (χ3n) is 3.18. The Morgan fingerprint density at radius 3 is 2.38 bits per heavy atom. The third-order valence-corrected chi connectivity index (χ3v) is 3.18. The molecule has 110 valence electrons. The first kappa shape index (κ1) is 15.0. The number of aromatic nitrogens is 1. The van der Waals surface area contributed by atoms with Gasteiger partial charge in [0, 0.05) is 30.3 Å². The molecular formula is C16H19N3O2. The van der Waals surface area contributed by atoms with Gasteiger partial charge in [0.2, 0.25) is 0 Å². The van der Waals surface area contributed by atoms with Crippen LogP contribution in [0.5, 0.6) is 0 Å². The van der Waals surface area contributed by atoms with Gasteiger partial charge < -0.3 is 10.4 Å². The van der Waals surface area contributed by atoms with Crippen LogP contribution in [0, 0.1) is 0 Å². The zero-order valence-electron chi connectivity index (χ0n) is 12.2. The molecule has 0 spiro atoms. The summed E-state index contributed by atoms with van der Waals surface area (Å²) in [6.07, 6.45) is 2.80. The Bertz CT molecular complexity index is 582. The fourth-order valence-electron chi connectivity index (χ4n) is 2.00. The lowest BCUT2D eigenvalue weighted by Crippen LogP contribution is -2.34. The molecular weight excluding hydrogens is 266 g/mol. The van der Waals surface area contributed by atoms with Crippen molar-refractivity contribution >= 4 is 17.4 Å². The molecule has 0 aliphatic carbocycles. The third kappa shape index (κ3) is 3.79. The molecule has 1 heterocycles. The lowest BCUT2D eigenvalue weighted by Gasteiger charge is -2.21. The first-order valence-electron chi connectivity index (χ1n) is 6.88. The van der Waals surface area contributed by atoms with Crippen LogP contribution in [0.15, 0.2) is 48.8 Å². The highest BCUT2D eigenvalue weighted by molar-refractivity contribution is 6.01. The first-order valence-corrected chi connectivity index (χ1v) is 6.88. The van der Waals surface area contributed by atoms with Gasteiger partial charge in [0.1, 0.15) is 0 Å². The topological polar surface area (TPSA) is 65.5 Å². The maximum absolute atomic E-state index is 12.3. The lowest BCUT2D eigenvalue weighted by atomic mass is 10.1. The number of rotatable bonds is 4. The minimum Gasteiger partial charge on any atom is -0.389 e. The van der Waals surface area contributed by atoms with E-state index in [1.807, 2.05) is 6.92 Å². The number of aliphatic hydroxyl groups is 1. The molecule has 5 heteroatoms. The summed E-state index contributed by atoms with van der Waals surface area (Å²) in [7, 11) is 0. The fraction of sp³-hybridized carbons (Fsp3) is 0.250. The summed E-state index contributed by atoms with van der Waals surface area (Å²) < 4.78 is 0. The average Bonchev–Trinajstić information content (AvgIpc) is 2.49. The number of nitrogens with one attached hydrogen (secondary N) is 1. The van der Waals surface area contributed by atoms with Crippen molar-refractivity contribution in [1.29, 1.82) is 0 Å². The van der Waals surface area contributed by atoms with Crippen LogP contribution in [0.3, 0.4) is 0 Å². The van der Waals surface area contributed by atoms with Crippen LogP contribution >= 0.6 is 0 Å². The van der Waals surface area contributed by atoms with Crippen LogP contribution in [0.4, 0.5) is 16.2 Å². The number of anilines is 2. The molecule has 5 nitrogen and oxygen atoms in total. The molecule has 1 unspecified atom stereocenters. The summed E-state index contributed by atoms with van der Waals surface area (Å²) in [4.78, 5) is 17.9. The predicted molar refractivity (Wildman–Crippen MR) is 83.4 cm³/mol. The molecule has 0 saturated carbocycles. The van der Waals surface area contributed by atoms with E-state index >= 15 is 0 Å². The van der Waals surface area contributed by atoms with Crippen molar-refractivity contribution in [2.24, 2.45) is 0 Å². The minimum absolute atomic E-state index is 0.200. The largest absolute Gasteiger partial charge is 0.389 e. The molecule has 0 aliphatic rings. The van der Waals surface area contributed by atoms with Crippen molar-refractivity contribution in [1.82, 2.24) is 4.98 Å². The normalized spacial score (nSPS) is 11.8. The van der Waals surface area contributed by atoms with E-state index in [9.17, 15) is 9.90 Å². The van der Waals surface area contributed by atoms with Gasteiger partial charge in [-0.3, -0.25) is 9.88 Å². The van der Waals surface area contributed by atoms with E-state index in [2.05, 4.69) is 10.3 Å². The molecule has 0 saturated heterocycles. The zero-order valence-corrected chi connectivity index (χ0v) is 12.2. The summed E-state index contributed by atoms with van der Waals surface area (Å²) in [5.41, 5.74) is 2.30. The molecule has 2 N–H and O–H groups in total. The highest BCUT2D eigenvalue weighted by Crippen LogP contribution is 2.17. The number of urea groups is 1. The van der Waals surface area contributed by atoms with Crippen LogP contribution < -0.4 is 10.2 Å². The molecule has 2 rings (SSSR count). The number of benzene rings is 1. The molecule has 2 aromatic rings. The molecule has 1 aromatic heterocycles. The monoisotopic (exact) mass is 285 g/mol. The van der Waals surface area contributed by atoms with E-state index in [4.69, 9.17) is 0 Å². The van der Waals surface area contributed by atoms with Gasteiger partial charge in [-0.25, -0.2) is 4.79 Å². The standard InChI is InChI=1S/C16H19N3O2/c1-3-19(15-8-10-17-11-9-15)16(21)18-14-6-4-13(5-7-14)12(2)20/h4-12,20H,3H2,1-2H3,(H,18,21). The van der Waals surface area contributed by atoms with Gasteiger partial charge in [-0.05, 0) is 43.7 Å². The summed E-state index contributed by atoms with van der Waals surface area (Å²) in [5.74, 6) is 0. The molecule has 0 radical (unpaired) electrons. The van der Waals surface area contributed by atoms with Gasteiger partial charge in [-0.2, -0.15) is 0 Å². The maximum Gasteiger partial charge on any atom is 0.326 e. The summed E-state index contributed by atoms with van der Waals surface area (Å²) in [6.45, 7) is 4.17. The van der Waals surface area contributed by atoms with Gasteiger partial charge in [0.25, 0.3) is 0 Å². The number of carbonyl (C=O) groups is 1. The van der Waals surface area contributed by atoms with E-state index in [1.54, 1.807) is 60.6 Å². The van der Waals surface area contributed by atoms with Gasteiger partial charge in [0.15, 0.2) is 0 Å². The van der Waals surface area contributed by atoms with Crippen molar-refractivity contribution in [3.8, 4) is 0 Å². The van der Waals surface area contributed by atoms with Crippen LogP contribution in [-0.4, -0.2) is 22.7 Å². The van der Waals surface area contributed by atoms with Crippen LogP contribution in [0.2, 0.25) is 0 Å². The summed E-state index contributed by atoms with van der Waals surface area (Å²) in [5, 5.41) is 12.3. The molecule has 21 heavy (non-hydrogen) atoms. The number of pyridine rings is 1. The Morgan fingerprint density at radius 2 is 1.86 bits per heavy atom. The van der Waals surface area contributed by atoms with Gasteiger partial charge in [-0.1, -0.05) is 12.1 Å². The van der Waals surface area contributed by atoms with Crippen molar-refractivity contribution in [3.05, 3.63) is 54.4 Å². The molecule has 0 bridgehead atoms. The fourth-order valence-corrected chi connectivity index (χ4v) is 2.00. The lowest BCUT2D eigenvalue weighted by molar-refractivity contribution is 0.199. The number of aliphatic hydroxyl groups excluding tert-OH is 1. The van der Waals surface area contributed by atoms with Crippen molar-refractivity contribution in [3.63, 3.8) is 0 Å². The van der Waals surface area contributed by atoms with E-state index in [1.165, 1.54) is 0 Å². The second-order valence-corrected chi connectivity index (χ2v) is 4.68. The van der Waals surface area contributed by atoms with Crippen LogP contribution in [-0.2, 0) is 0 Å². The van der Waals surface area contributed by atoms with Crippen molar-refractivity contribution < 1.29 is 9.90 Å². The van der Waals surface area contributed by atoms with Crippen LogP contribution in [0.25, 0.3) is 0 Å². The van der Waals surface area contributed by atoms with E-state index in [0.29, 0.717) is 12.2 Å². The average molecular weight is 285 g/mol. The van der Waals surface area contributed by atoms with Crippen LogP contribution in [0.1, 0.15) is 25.5 Å². The molecule has 0 fully saturated rings. The second-order valence-electron chi connectivity index (χ2n) is 4.68. The predicted octanol–water partition coefficient (Wildman–Crippen LogP) is 3.19. The molecule has 0 aliphatic heterocycles. The van der Waals surface area contributed by atoms with Crippen molar-refractivity contribution in [2.75, 3.05) is 16.8 Å². The second kappa shape index (κ2) is 6.85. The molecule has 1 atom stereocenters. The smallest absolute Gasteiger partial charge is 0.326 e. The van der Waals surface area contributed by atoms with E-state index < -0.39 is 6.10 Å². The van der Waals surface area contributed by atoms with E-state index in [-0.39, 0.29) is 6.03 Å². The quantitative estimate of drug-likeness (QED) is 0.906. The number of carbonyl (C=O) groups excluding carboxylic acids is 1. The first-order chi connectivity index (χ1) is 10.1. The van der Waals surface area contributed by atoms with Gasteiger partial charge >= 0.3 is 6.03 Å². The van der Waals surface area contributed by atoms with E-state index in [0.717, 1.165) is 11.3 Å². The zero-order chi connectivity index (χ0) is 15.2. The number of amides is 2. The summed E-state index contributed by atoms with van der Waals surface area (Å²) >= 11 is 0. The maximum atomic E-state index is 12.3. The molecule has 1 aromatic carbocycles. The minimum atomic E-state index is -0.515. The SMILES string of the molecule is CCN(C(=O)Nc1ccc(C(C)O)cc1)c1ccncc1. The van der Waals surface area contributed by atoms with Crippen molar-refractivity contribution in [2.45, 2.75) is 20.0 Å². The molecule has 2 amide bonds. The highest BCUT2D eigenvalue weighted by Gasteiger charge is 2.13. The summed E-state index contributed by atoms with van der Waals surface area (Å²) in [6, 6.07) is 10.5. The Kier molecular flexibility index (Phi) is 4.90. The Labute approximate surface area is 124 Å². The van der Waals surface area contributed by atoms with Gasteiger partial charge in [0.05, 0.1) is 6.10 Å². The van der Waals surface area contributed by atoms with Gasteiger partial charge in [-0.15, -0.1) is 0 Å². The number of nitrogens with zero attached hydrogens (tertiary/aromatic N) is 2. The Morgan fingerprint density at radius 1 is 1.24 bits per heavy atom. The number of hydrogen-bond acceptors (Lipinski definition) is 3.